The number of carbonyl (C=O) groups excluding carboxylic acids is 1. The minimum absolute atomic E-state index is 0.00530. The minimum atomic E-state index is -0.807. The molecule has 1 saturated carbocycles. The van der Waals surface area contributed by atoms with Gasteiger partial charge in [0, 0.05) is 11.8 Å². The number of hydrogen-bond donors (Lipinski definition) is 1. The molecule has 1 heterocycles. The first-order valence-corrected chi connectivity index (χ1v) is 7.41. The number of aliphatic hydroxyl groups excluding tert-OH is 1. The molecule has 4 unspecified atom stereocenters. The first-order chi connectivity index (χ1) is 10.2. The molecule has 0 saturated heterocycles. The van der Waals surface area contributed by atoms with Crippen molar-refractivity contribution in [2.45, 2.75) is 32.7 Å². The van der Waals surface area contributed by atoms with Crippen LogP contribution in [0.5, 0.6) is 0 Å². The molecule has 1 fully saturated rings. The number of esters is 1. The fourth-order valence-electron chi connectivity index (χ4n) is 3.39. The Morgan fingerprint density at radius 1 is 1.33 bits per heavy atom. The van der Waals surface area contributed by atoms with E-state index in [1.807, 2.05) is 30.3 Å². The predicted octanol–water partition coefficient (Wildman–Crippen LogP) is 2.62. The molecular formula is C17H20O4. The predicted molar refractivity (Wildman–Crippen MR) is 76.8 cm³/mol. The maximum Gasteiger partial charge on any atom is 0.337 e. The smallest absolute Gasteiger partial charge is 0.337 e. The van der Waals surface area contributed by atoms with Gasteiger partial charge in [0.05, 0.1) is 11.8 Å². The first kappa shape index (κ1) is 14.1. The zero-order valence-corrected chi connectivity index (χ0v) is 12.1. The normalized spacial score (nSPS) is 31.0. The largest absolute Gasteiger partial charge is 0.472 e. The summed E-state index contributed by atoms with van der Waals surface area (Å²) in [5.74, 6) is 0.0618. The molecule has 4 nitrogen and oxygen atoms in total. The van der Waals surface area contributed by atoms with Gasteiger partial charge in [-0.05, 0) is 24.3 Å². The number of fused-ring (bicyclic) bond motifs is 1. The van der Waals surface area contributed by atoms with E-state index in [0.29, 0.717) is 11.5 Å². The van der Waals surface area contributed by atoms with Crippen LogP contribution in [0.1, 0.15) is 25.3 Å². The summed E-state index contributed by atoms with van der Waals surface area (Å²) in [6.45, 7) is 2.35. The van der Waals surface area contributed by atoms with E-state index in [1.54, 1.807) is 0 Å². The van der Waals surface area contributed by atoms with Gasteiger partial charge in [0.1, 0.15) is 6.61 Å². The van der Waals surface area contributed by atoms with E-state index in [9.17, 15) is 9.90 Å². The molecular weight excluding hydrogens is 268 g/mol. The monoisotopic (exact) mass is 288 g/mol. The highest BCUT2D eigenvalue weighted by molar-refractivity contribution is 5.89. The number of hydrogen-bond acceptors (Lipinski definition) is 4. The quantitative estimate of drug-likeness (QED) is 0.869. The molecule has 0 radical (unpaired) electrons. The fourth-order valence-corrected chi connectivity index (χ4v) is 3.39. The molecule has 0 amide bonds. The zero-order chi connectivity index (χ0) is 14.8. The lowest BCUT2D eigenvalue weighted by atomic mass is 9.83. The van der Waals surface area contributed by atoms with Crippen molar-refractivity contribution in [3.8, 4) is 0 Å². The highest BCUT2D eigenvalue weighted by Crippen LogP contribution is 2.45. The van der Waals surface area contributed by atoms with Gasteiger partial charge < -0.3 is 14.6 Å². The van der Waals surface area contributed by atoms with E-state index in [1.165, 1.54) is 6.26 Å². The topological polar surface area (TPSA) is 55.8 Å². The van der Waals surface area contributed by atoms with Gasteiger partial charge in [-0.25, -0.2) is 4.79 Å². The Morgan fingerprint density at radius 2 is 2.10 bits per heavy atom. The van der Waals surface area contributed by atoms with Gasteiger partial charge in [0.25, 0.3) is 0 Å². The van der Waals surface area contributed by atoms with Crippen LogP contribution in [0.25, 0.3) is 0 Å². The van der Waals surface area contributed by atoms with Crippen LogP contribution < -0.4 is 0 Å². The molecule has 4 heteroatoms. The SMILES string of the molecule is CC1CCC2C(C(=O)OCc3ccccc3)=COC(O)C12. The summed E-state index contributed by atoms with van der Waals surface area (Å²) < 4.78 is 10.6. The van der Waals surface area contributed by atoms with Crippen LogP contribution in [-0.2, 0) is 20.9 Å². The van der Waals surface area contributed by atoms with Gasteiger partial charge in [-0.1, -0.05) is 37.3 Å². The van der Waals surface area contributed by atoms with Crippen LogP contribution in [0, 0.1) is 17.8 Å². The van der Waals surface area contributed by atoms with Gasteiger partial charge in [0.2, 0.25) is 0 Å². The van der Waals surface area contributed by atoms with Gasteiger partial charge in [-0.3, -0.25) is 0 Å². The summed E-state index contributed by atoms with van der Waals surface area (Å²) in [4.78, 5) is 12.3. The Morgan fingerprint density at radius 3 is 2.86 bits per heavy atom. The first-order valence-electron chi connectivity index (χ1n) is 7.41. The fraction of sp³-hybridized carbons (Fsp3) is 0.471. The van der Waals surface area contributed by atoms with Crippen LogP contribution in [0.3, 0.4) is 0 Å². The third kappa shape index (κ3) is 2.81. The molecule has 3 rings (SSSR count). The van der Waals surface area contributed by atoms with Gasteiger partial charge in [-0.15, -0.1) is 0 Å². The summed E-state index contributed by atoms with van der Waals surface area (Å²) >= 11 is 0. The number of ether oxygens (including phenoxy) is 2. The molecule has 1 aliphatic carbocycles. The lowest BCUT2D eigenvalue weighted by Crippen LogP contribution is -2.35. The molecule has 2 aliphatic rings. The second kappa shape index (κ2) is 5.90. The molecule has 0 spiro atoms. The summed E-state index contributed by atoms with van der Waals surface area (Å²) in [6.07, 6.45) is 2.48. The molecule has 1 aromatic carbocycles. The number of benzene rings is 1. The van der Waals surface area contributed by atoms with E-state index in [2.05, 4.69) is 6.92 Å². The van der Waals surface area contributed by atoms with Crippen molar-refractivity contribution >= 4 is 5.97 Å². The number of aliphatic hydroxyl groups is 1. The van der Waals surface area contributed by atoms with Crippen LogP contribution in [0.4, 0.5) is 0 Å². The number of rotatable bonds is 3. The Balaban J connectivity index is 1.67. The highest BCUT2D eigenvalue weighted by Gasteiger charge is 2.45. The average molecular weight is 288 g/mol. The van der Waals surface area contributed by atoms with Crippen molar-refractivity contribution in [2.24, 2.45) is 17.8 Å². The Hall–Kier alpha value is -1.81. The summed E-state index contributed by atoms with van der Waals surface area (Å²) in [7, 11) is 0. The molecule has 1 aromatic rings. The molecule has 0 bridgehead atoms. The maximum absolute atomic E-state index is 12.3. The molecule has 1 aliphatic heterocycles. The van der Waals surface area contributed by atoms with Crippen molar-refractivity contribution in [1.29, 1.82) is 0 Å². The summed E-state index contributed by atoms with van der Waals surface area (Å²) in [6, 6.07) is 9.59. The Bertz CT molecular complexity index is 537. The average Bonchev–Trinajstić information content (AvgIpc) is 2.89. The molecule has 0 aromatic heterocycles. The lowest BCUT2D eigenvalue weighted by molar-refractivity contribution is -0.148. The second-order valence-electron chi connectivity index (χ2n) is 5.90. The van der Waals surface area contributed by atoms with Gasteiger partial charge >= 0.3 is 5.97 Å². The van der Waals surface area contributed by atoms with E-state index in [0.717, 1.165) is 18.4 Å². The van der Waals surface area contributed by atoms with Crippen molar-refractivity contribution < 1.29 is 19.4 Å². The third-order valence-electron chi connectivity index (χ3n) is 4.57. The lowest BCUT2D eigenvalue weighted by Gasteiger charge is -2.32. The van der Waals surface area contributed by atoms with Crippen LogP contribution in [0.15, 0.2) is 42.2 Å². The van der Waals surface area contributed by atoms with Crippen LogP contribution in [0.2, 0.25) is 0 Å². The summed E-state index contributed by atoms with van der Waals surface area (Å²) in [5, 5.41) is 9.94. The standard InChI is InChI=1S/C17H20O4/c1-11-7-8-13-14(10-21-17(19)15(11)13)16(18)20-9-12-5-3-2-4-6-12/h2-6,10-11,13,15,17,19H,7-9H2,1H3. The van der Waals surface area contributed by atoms with Crippen molar-refractivity contribution in [1.82, 2.24) is 0 Å². The van der Waals surface area contributed by atoms with E-state index in [4.69, 9.17) is 9.47 Å². The molecule has 112 valence electrons. The van der Waals surface area contributed by atoms with Crippen molar-refractivity contribution in [3.05, 3.63) is 47.7 Å². The Kier molecular flexibility index (Phi) is 3.97. The Labute approximate surface area is 124 Å². The van der Waals surface area contributed by atoms with Crippen molar-refractivity contribution in [2.75, 3.05) is 0 Å². The van der Waals surface area contributed by atoms with E-state index in [-0.39, 0.29) is 24.4 Å². The molecule has 1 N–H and O–H groups in total. The van der Waals surface area contributed by atoms with Gasteiger partial charge in [0.15, 0.2) is 6.29 Å². The van der Waals surface area contributed by atoms with Crippen LogP contribution in [-0.4, -0.2) is 17.4 Å². The highest BCUT2D eigenvalue weighted by atomic mass is 16.6. The second-order valence-corrected chi connectivity index (χ2v) is 5.90. The van der Waals surface area contributed by atoms with Crippen LogP contribution >= 0.6 is 0 Å². The van der Waals surface area contributed by atoms with E-state index < -0.39 is 6.29 Å². The third-order valence-corrected chi connectivity index (χ3v) is 4.57. The minimum Gasteiger partial charge on any atom is -0.472 e. The number of carbonyl (C=O) groups is 1. The maximum atomic E-state index is 12.3. The summed E-state index contributed by atoms with van der Waals surface area (Å²) in [5.41, 5.74) is 1.52. The molecule has 21 heavy (non-hydrogen) atoms. The van der Waals surface area contributed by atoms with Crippen molar-refractivity contribution in [3.63, 3.8) is 0 Å². The van der Waals surface area contributed by atoms with E-state index >= 15 is 0 Å². The molecule has 4 atom stereocenters. The van der Waals surface area contributed by atoms with Gasteiger partial charge in [-0.2, -0.15) is 0 Å². The zero-order valence-electron chi connectivity index (χ0n) is 12.1.